The summed E-state index contributed by atoms with van der Waals surface area (Å²) in [5.74, 6) is 0.546. The molecule has 0 spiro atoms. The van der Waals surface area contributed by atoms with Crippen molar-refractivity contribution in [2.75, 3.05) is 39.5 Å². The van der Waals surface area contributed by atoms with Gasteiger partial charge in [-0.1, -0.05) is 13.8 Å². The van der Waals surface area contributed by atoms with E-state index in [1.54, 1.807) is 0 Å². The van der Waals surface area contributed by atoms with Crippen LogP contribution in [0, 0.1) is 5.92 Å². The second kappa shape index (κ2) is 9.09. The van der Waals surface area contributed by atoms with E-state index >= 15 is 0 Å². The van der Waals surface area contributed by atoms with Gasteiger partial charge in [0.05, 0.1) is 19.8 Å². The number of nitrogens with one attached hydrogen (secondary N) is 3. The van der Waals surface area contributed by atoms with E-state index in [0.29, 0.717) is 19.0 Å². The van der Waals surface area contributed by atoms with Gasteiger partial charge in [0.25, 0.3) is 0 Å². The Morgan fingerprint density at radius 2 is 1.67 bits per heavy atom. The summed E-state index contributed by atoms with van der Waals surface area (Å²) >= 11 is 0. The first-order valence-corrected chi connectivity index (χ1v) is 6.09. The molecule has 7 heteroatoms. The molecule has 0 saturated carbocycles. The maximum Gasteiger partial charge on any atom is 0.315 e. The van der Waals surface area contributed by atoms with Crippen molar-refractivity contribution in [2.45, 2.75) is 19.4 Å². The largest absolute Gasteiger partial charge is 0.394 e. The number of carbonyl (C=O) groups excluding carboxylic acids is 1. The van der Waals surface area contributed by atoms with Crippen molar-refractivity contribution in [1.29, 1.82) is 0 Å². The molecule has 0 aromatic heterocycles. The molecule has 108 valence electrons. The number of amides is 2. The smallest absolute Gasteiger partial charge is 0.315 e. The predicted molar refractivity (Wildman–Crippen MR) is 68.2 cm³/mol. The van der Waals surface area contributed by atoms with Gasteiger partial charge in [-0.05, 0) is 12.5 Å². The van der Waals surface area contributed by atoms with Gasteiger partial charge >= 0.3 is 6.03 Å². The van der Waals surface area contributed by atoms with Crippen LogP contribution in [0.3, 0.4) is 0 Å². The Hall–Kier alpha value is -0.890. The van der Waals surface area contributed by atoms with E-state index in [1.807, 2.05) is 0 Å². The topological polar surface area (TPSA) is 114 Å². The number of hydrogen-bond donors (Lipinski definition) is 6. The summed E-state index contributed by atoms with van der Waals surface area (Å²) in [6.45, 7) is 4.53. The number of carbonyl (C=O) groups is 1. The Balaban J connectivity index is 3.82. The molecule has 18 heavy (non-hydrogen) atoms. The van der Waals surface area contributed by atoms with Crippen LogP contribution in [0.4, 0.5) is 4.79 Å². The first kappa shape index (κ1) is 17.1. The fourth-order valence-electron chi connectivity index (χ4n) is 1.21. The third kappa shape index (κ3) is 6.75. The van der Waals surface area contributed by atoms with Crippen LogP contribution in [0.2, 0.25) is 0 Å². The zero-order chi connectivity index (χ0) is 14.0. The van der Waals surface area contributed by atoms with E-state index in [2.05, 4.69) is 29.8 Å². The molecule has 0 aromatic rings. The lowest BCUT2D eigenvalue weighted by atomic mass is 10.0. The maximum atomic E-state index is 11.4. The van der Waals surface area contributed by atoms with Gasteiger partial charge in [0.2, 0.25) is 0 Å². The van der Waals surface area contributed by atoms with Crippen LogP contribution in [-0.2, 0) is 0 Å². The highest BCUT2D eigenvalue weighted by molar-refractivity contribution is 5.74. The number of aliphatic hydroxyl groups is 3. The van der Waals surface area contributed by atoms with Crippen LogP contribution >= 0.6 is 0 Å². The van der Waals surface area contributed by atoms with Crippen LogP contribution in [0.5, 0.6) is 0 Å². The average Bonchev–Trinajstić information content (AvgIpc) is 2.35. The van der Waals surface area contributed by atoms with Gasteiger partial charge in [-0.25, -0.2) is 4.79 Å². The zero-order valence-corrected chi connectivity index (χ0v) is 11.1. The lowest BCUT2D eigenvalue weighted by Gasteiger charge is -2.28. The van der Waals surface area contributed by atoms with E-state index in [0.717, 1.165) is 6.54 Å². The molecule has 0 aliphatic heterocycles. The van der Waals surface area contributed by atoms with E-state index in [4.69, 9.17) is 15.3 Å². The molecular weight excluding hydrogens is 238 g/mol. The number of urea groups is 1. The number of aliphatic hydroxyl groups excluding tert-OH is 3. The third-order valence-corrected chi connectivity index (χ3v) is 2.43. The Kier molecular flexibility index (Phi) is 8.65. The van der Waals surface area contributed by atoms with E-state index in [9.17, 15) is 4.79 Å². The Morgan fingerprint density at radius 3 is 2.11 bits per heavy atom. The van der Waals surface area contributed by atoms with Crippen molar-refractivity contribution in [3.8, 4) is 0 Å². The van der Waals surface area contributed by atoms with E-state index in [-0.39, 0.29) is 0 Å². The summed E-state index contributed by atoms with van der Waals surface area (Å²) in [5.41, 5.74) is -1.38. The van der Waals surface area contributed by atoms with Crippen LogP contribution in [0.1, 0.15) is 13.8 Å². The summed E-state index contributed by atoms with van der Waals surface area (Å²) in [5, 5.41) is 35.1. The Bertz CT molecular complexity index is 224. The Labute approximate surface area is 108 Å². The molecule has 0 bridgehead atoms. The first-order chi connectivity index (χ1) is 8.49. The normalized spacial score (nSPS) is 11.7. The SMILES string of the molecule is CC(C)CNCCNC(=O)NC(CO)(CO)CO. The minimum atomic E-state index is -1.38. The molecule has 0 aliphatic rings. The van der Waals surface area contributed by atoms with Crippen LogP contribution < -0.4 is 16.0 Å². The fraction of sp³-hybridized carbons (Fsp3) is 0.909. The molecule has 0 heterocycles. The standard InChI is InChI=1S/C11H25N3O4/c1-9(2)5-12-3-4-13-10(18)14-11(6-15,7-16)8-17/h9,12,15-17H,3-8H2,1-2H3,(H2,13,14,18). The van der Waals surface area contributed by atoms with Gasteiger partial charge in [0.1, 0.15) is 5.54 Å². The van der Waals surface area contributed by atoms with Crippen LogP contribution in [-0.4, -0.2) is 66.3 Å². The lowest BCUT2D eigenvalue weighted by molar-refractivity contribution is 0.0493. The van der Waals surface area contributed by atoms with E-state index in [1.165, 1.54) is 0 Å². The van der Waals surface area contributed by atoms with Crippen molar-refractivity contribution in [3.05, 3.63) is 0 Å². The van der Waals surface area contributed by atoms with Gasteiger partial charge in [-0.2, -0.15) is 0 Å². The van der Waals surface area contributed by atoms with Crippen LogP contribution in [0.15, 0.2) is 0 Å². The molecule has 7 nitrogen and oxygen atoms in total. The fourth-order valence-corrected chi connectivity index (χ4v) is 1.21. The molecule has 0 aliphatic carbocycles. The molecule has 0 saturated heterocycles. The molecule has 0 aromatic carbocycles. The Morgan fingerprint density at radius 1 is 1.11 bits per heavy atom. The van der Waals surface area contributed by atoms with E-state index < -0.39 is 31.4 Å². The highest BCUT2D eigenvalue weighted by Crippen LogP contribution is 2.00. The monoisotopic (exact) mass is 263 g/mol. The summed E-state index contributed by atoms with van der Waals surface area (Å²) in [7, 11) is 0. The predicted octanol–water partition coefficient (Wildman–Crippen LogP) is -1.75. The molecular formula is C11H25N3O4. The molecule has 0 fully saturated rings. The molecule has 0 radical (unpaired) electrons. The second-order valence-electron chi connectivity index (χ2n) is 4.73. The van der Waals surface area contributed by atoms with Crippen molar-refractivity contribution >= 4 is 6.03 Å². The highest BCUT2D eigenvalue weighted by Gasteiger charge is 2.29. The van der Waals surface area contributed by atoms with Gasteiger partial charge < -0.3 is 31.3 Å². The third-order valence-electron chi connectivity index (χ3n) is 2.43. The number of rotatable bonds is 9. The zero-order valence-electron chi connectivity index (χ0n) is 11.1. The van der Waals surface area contributed by atoms with Crippen LogP contribution in [0.25, 0.3) is 0 Å². The average molecular weight is 263 g/mol. The summed E-state index contributed by atoms with van der Waals surface area (Å²) in [6.07, 6.45) is 0. The summed E-state index contributed by atoms with van der Waals surface area (Å²) < 4.78 is 0. The van der Waals surface area contributed by atoms with Gasteiger partial charge in [-0.15, -0.1) is 0 Å². The minimum absolute atomic E-state index is 0.427. The summed E-state index contributed by atoms with van der Waals surface area (Å²) in [4.78, 5) is 11.4. The molecule has 0 atom stereocenters. The lowest BCUT2D eigenvalue weighted by Crippen LogP contribution is -2.59. The first-order valence-electron chi connectivity index (χ1n) is 6.09. The molecule has 2 amide bonds. The van der Waals surface area contributed by atoms with Crippen molar-refractivity contribution in [2.24, 2.45) is 5.92 Å². The second-order valence-corrected chi connectivity index (χ2v) is 4.73. The maximum absolute atomic E-state index is 11.4. The van der Waals surface area contributed by atoms with Gasteiger partial charge in [0.15, 0.2) is 0 Å². The number of hydrogen-bond acceptors (Lipinski definition) is 5. The summed E-state index contributed by atoms with van der Waals surface area (Å²) in [6, 6.07) is -0.529. The van der Waals surface area contributed by atoms with Crippen molar-refractivity contribution in [1.82, 2.24) is 16.0 Å². The molecule has 0 unspecified atom stereocenters. The van der Waals surface area contributed by atoms with Crippen molar-refractivity contribution < 1.29 is 20.1 Å². The van der Waals surface area contributed by atoms with Crippen molar-refractivity contribution in [3.63, 3.8) is 0 Å². The van der Waals surface area contributed by atoms with Gasteiger partial charge in [0, 0.05) is 13.1 Å². The highest BCUT2D eigenvalue weighted by atomic mass is 16.3. The molecule has 6 N–H and O–H groups in total. The van der Waals surface area contributed by atoms with Gasteiger partial charge in [-0.3, -0.25) is 0 Å². The minimum Gasteiger partial charge on any atom is -0.394 e. The molecule has 0 rings (SSSR count). The quantitative estimate of drug-likeness (QED) is 0.276.